The van der Waals surface area contributed by atoms with Crippen molar-refractivity contribution in [2.24, 2.45) is 5.92 Å². The van der Waals surface area contributed by atoms with Crippen molar-refractivity contribution in [1.82, 2.24) is 24.6 Å². The molecule has 1 amide bonds. The first-order valence-corrected chi connectivity index (χ1v) is 16.1. The number of carbonyl (C=O) groups excluding carboxylic acids is 1. The van der Waals surface area contributed by atoms with Crippen LogP contribution in [-0.4, -0.2) is 43.1 Å². The highest BCUT2D eigenvalue weighted by Gasteiger charge is 2.36. The number of aromatic amines is 1. The number of nitrogens with zero attached hydrogens (tertiary/aromatic N) is 4. The van der Waals surface area contributed by atoms with E-state index in [1.807, 2.05) is 55.5 Å². The van der Waals surface area contributed by atoms with Crippen LogP contribution in [0.25, 0.3) is 22.5 Å². The van der Waals surface area contributed by atoms with Crippen molar-refractivity contribution < 1.29 is 9.32 Å². The third-order valence-corrected chi connectivity index (χ3v) is 9.42. The van der Waals surface area contributed by atoms with E-state index in [1.165, 1.54) is 25.7 Å². The lowest BCUT2D eigenvalue weighted by molar-refractivity contribution is -0.136. The summed E-state index contributed by atoms with van der Waals surface area (Å²) < 4.78 is 6.49. The van der Waals surface area contributed by atoms with Crippen molar-refractivity contribution >= 4 is 5.91 Å². The Balaban J connectivity index is 1.27. The third kappa shape index (κ3) is 6.18. The van der Waals surface area contributed by atoms with Crippen LogP contribution in [0.2, 0.25) is 0 Å². The number of fused-ring (bicyclic) bond motifs is 1. The highest BCUT2D eigenvalue weighted by molar-refractivity contribution is 5.80. The van der Waals surface area contributed by atoms with Gasteiger partial charge in [0.2, 0.25) is 5.91 Å². The first-order chi connectivity index (χ1) is 21.4. The van der Waals surface area contributed by atoms with Crippen LogP contribution in [0.3, 0.4) is 0 Å². The van der Waals surface area contributed by atoms with Crippen LogP contribution in [0, 0.1) is 12.8 Å². The molecule has 2 aromatic heterocycles. The average molecular weight is 596 g/mol. The van der Waals surface area contributed by atoms with Crippen LogP contribution in [0.15, 0.2) is 62.6 Å². The Bertz CT molecular complexity index is 1730. The summed E-state index contributed by atoms with van der Waals surface area (Å²) >= 11 is 0. The van der Waals surface area contributed by atoms with E-state index in [4.69, 9.17) is 9.51 Å². The van der Waals surface area contributed by atoms with Gasteiger partial charge in [0.1, 0.15) is 5.82 Å². The van der Waals surface area contributed by atoms with Gasteiger partial charge in [-0.05, 0) is 61.6 Å². The second kappa shape index (κ2) is 13.2. The summed E-state index contributed by atoms with van der Waals surface area (Å²) in [6, 6.07) is 16.0. The topological polar surface area (TPSA) is 114 Å². The molecule has 44 heavy (non-hydrogen) atoms. The number of aryl methyl sites for hydroxylation is 2. The summed E-state index contributed by atoms with van der Waals surface area (Å²) in [5.41, 5.74) is 4.64. The highest BCUT2D eigenvalue weighted by Crippen LogP contribution is 2.35. The molecule has 9 heteroatoms. The minimum Gasteiger partial charge on any atom is -0.339 e. The maximum atomic E-state index is 14.1. The molecule has 6 rings (SSSR count). The van der Waals surface area contributed by atoms with E-state index < -0.39 is 5.76 Å². The molecular weight excluding hydrogens is 554 g/mol. The summed E-state index contributed by atoms with van der Waals surface area (Å²) in [4.78, 5) is 48.9. The van der Waals surface area contributed by atoms with Gasteiger partial charge in [-0.1, -0.05) is 79.9 Å². The summed E-state index contributed by atoms with van der Waals surface area (Å²) in [6.45, 7) is 5.17. The van der Waals surface area contributed by atoms with Crippen LogP contribution in [0.4, 0.5) is 0 Å². The number of hydrogen-bond acceptors (Lipinski definition) is 6. The van der Waals surface area contributed by atoms with E-state index in [-0.39, 0.29) is 17.9 Å². The Morgan fingerprint density at radius 3 is 2.50 bits per heavy atom. The van der Waals surface area contributed by atoms with Gasteiger partial charge in [-0.3, -0.25) is 23.7 Å². The van der Waals surface area contributed by atoms with Gasteiger partial charge in [0.05, 0.1) is 13.0 Å². The van der Waals surface area contributed by atoms with Crippen LogP contribution < -0.4 is 11.3 Å². The zero-order valence-corrected chi connectivity index (χ0v) is 25.7. The molecule has 3 heterocycles. The minimum atomic E-state index is -0.601. The third-order valence-electron chi connectivity index (χ3n) is 9.42. The molecule has 2 fully saturated rings. The number of unbranched alkanes of at least 4 members (excludes halogenated alkanes) is 1. The van der Waals surface area contributed by atoms with Gasteiger partial charge < -0.3 is 4.90 Å². The number of rotatable bonds is 9. The second-order valence-corrected chi connectivity index (χ2v) is 12.3. The molecular formula is C35H41N5O4. The van der Waals surface area contributed by atoms with Crippen molar-refractivity contribution in [1.29, 1.82) is 0 Å². The Hall–Kier alpha value is -4.27. The quantitative estimate of drug-likeness (QED) is 0.266. The van der Waals surface area contributed by atoms with Crippen molar-refractivity contribution in [3.05, 3.63) is 92.1 Å². The number of piperidine rings is 1. The summed E-state index contributed by atoms with van der Waals surface area (Å²) in [5.74, 6) is 1.20. The predicted molar refractivity (Wildman–Crippen MR) is 169 cm³/mol. The second-order valence-electron chi connectivity index (χ2n) is 12.3. The summed E-state index contributed by atoms with van der Waals surface area (Å²) in [7, 11) is 0. The Labute approximate surface area is 257 Å². The molecule has 0 radical (unpaired) electrons. The number of likely N-dealkylation sites (tertiary alicyclic amines) is 1. The smallest absolute Gasteiger partial charge is 0.339 e. The standard InChI is InChI=1S/C35H41N5O4/c1-3-4-15-31-36-23(2)29(21-32(41)39-20-9-11-26-10-5-8-14-30(26)39)34(42)40(31)22-24-16-18-25(19-17-24)27-12-6-7-13-28(27)33-37-35(43)44-38-33/h6-7,12-13,16-19,26,30H,3-5,8-11,14-15,20-22H2,1-2H3,(H,37,38,43)/t26-,30+/m0/s1. The van der Waals surface area contributed by atoms with Gasteiger partial charge in [0, 0.05) is 35.8 Å². The molecule has 4 aromatic rings. The maximum absolute atomic E-state index is 14.1. The Morgan fingerprint density at radius 1 is 1.00 bits per heavy atom. The highest BCUT2D eigenvalue weighted by atomic mass is 16.5. The van der Waals surface area contributed by atoms with Gasteiger partial charge >= 0.3 is 5.76 Å². The lowest BCUT2D eigenvalue weighted by Crippen LogP contribution is -2.50. The molecule has 0 unspecified atom stereocenters. The molecule has 1 saturated carbocycles. The van der Waals surface area contributed by atoms with Crippen LogP contribution in [-0.2, 0) is 24.2 Å². The average Bonchev–Trinajstić information content (AvgIpc) is 3.49. The molecule has 1 N–H and O–H groups in total. The summed E-state index contributed by atoms with van der Waals surface area (Å²) in [5, 5.41) is 3.86. The maximum Gasteiger partial charge on any atom is 0.439 e. The zero-order valence-electron chi connectivity index (χ0n) is 25.7. The lowest BCUT2D eigenvalue weighted by atomic mass is 9.78. The number of benzene rings is 2. The molecule has 2 aromatic carbocycles. The molecule has 0 spiro atoms. The van der Waals surface area contributed by atoms with Crippen LogP contribution in [0.1, 0.15) is 80.9 Å². The van der Waals surface area contributed by atoms with E-state index in [0.29, 0.717) is 42.0 Å². The fraction of sp³-hybridized carbons (Fsp3) is 0.457. The minimum absolute atomic E-state index is 0.0629. The van der Waals surface area contributed by atoms with E-state index in [2.05, 4.69) is 22.0 Å². The molecule has 0 bridgehead atoms. The van der Waals surface area contributed by atoms with Gasteiger partial charge in [-0.2, -0.15) is 0 Å². The summed E-state index contributed by atoms with van der Waals surface area (Å²) in [6.07, 6.45) is 9.70. The molecule has 9 nitrogen and oxygen atoms in total. The fourth-order valence-corrected chi connectivity index (χ4v) is 7.10. The van der Waals surface area contributed by atoms with Crippen LogP contribution >= 0.6 is 0 Å². The van der Waals surface area contributed by atoms with Gasteiger partial charge in [-0.15, -0.1) is 0 Å². The molecule has 230 valence electrons. The first kappa shape index (κ1) is 29.8. The van der Waals surface area contributed by atoms with E-state index >= 15 is 0 Å². The monoisotopic (exact) mass is 595 g/mol. The number of hydrogen-bond donors (Lipinski definition) is 1. The van der Waals surface area contributed by atoms with E-state index in [0.717, 1.165) is 60.3 Å². The van der Waals surface area contributed by atoms with Crippen molar-refractivity contribution in [3.8, 4) is 22.5 Å². The Kier molecular flexibility index (Phi) is 8.91. The van der Waals surface area contributed by atoms with Crippen molar-refractivity contribution in [3.63, 3.8) is 0 Å². The number of aromatic nitrogens is 4. The first-order valence-electron chi connectivity index (χ1n) is 16.1. The van der Waals surface area contributed by atoms with Crippen LogP contribution in [0.5, 0.6) is 0 Å². The van der Waals surface area contributed by atoms with Crippen molar-refractivity contribution in [2.45, 2.75) is 90.6 Å². The number of nitrogens with one attached hydrogen (secondary N) is 1. The number of H-pyrrole nitrogens is 1. The molecule has 1 aliphatic carbocycles. The molecule has 2 aliphatic rings. The van der Waals surface area contributed by atoms with E-state index in [1.54, 1.807) is 4.57 Å². The molecule has 1 aliphatic heterocycles. The molecule has 2 atom stereocenters. The number of carbonyl (C=O) groups is 1. The van der Waals surface area contributed by atoms with Crippen molar-refractivity contribution in [2.75, 3.05) is 6.54 Å². The zero-order chi connectivity index (χ0) is 30.6. The number of amides is 1. The lowest BCUT2D eigenvalue weighted by Gasteiger charge is -2.44. The predicted octanol–water partition coefficient (Wildman–Crippen LogP) is 5.68. The van der Waals surface area contributed by atoms with Gasteiger partial charge in [0.25, 0.3) is 5.56 Å². The van der Waals surface area contributed by atoms with Gasteiger partial charge in [-0.25, -0.2) is 9.78 Å². The molecule has 1 saturated heterocycles. The van der Waals surface area contributed by atoms with E-state index in [9.17, 15) is 14.4 Å². The SMILES string of the molecule is CCCCc1nc(C)c(CC(=O)N2CCC[C@@H]3CCCC[C@H]32)c(=O)n1Cc1ccc(-c2ccccc2-c2noc(=O)[nH]2)cc1. The Morgan fingerprint density at radius 2 is 1.75 bits per heavy atom. The normalized spacial score (nSPS) is 18.3. The van der Waals surface area contributed by atoms with Gasteiger partial charge in [0.15, 0.2) is 5.82 Å². The largest absolute Gasteiger partial charge is 0.439 e. The fourth-order valence-electron chi connectivity index (χ4n) is 7.10.